The lowest BCUT2D eigenvalue weighted by Crippen LogP contribution is -2.34. The van der Waals surface area contributed by atoms with Crippen LogP contribution in [0.15, 0.2) is 63.8 Å². The monoisotopic (exact) mass is 431 g/mol. The highest BCUT2D eigenvalue weighted by atomic mass is 79.9. The molecule has 0 unspecified atom stereocenters. The Hall–Kier alpha value is -2.87. The fourth-order valence-electron chi connectivity index (χ4n) is 2.20. The van der Waals surface area contributed by atoms with Crippen molar-refractivity contribution in [1.29, 1.82) is 0 Å². The standard InChI is InChI=1S/C19H18BrN3O4/c1-23(10-11-25-16-8-4-15(20)5-9-16)18(24)12-26-17-6-2-14(3-7-17)19-22-21-13-27-19/h2-9,13H,10-12H2,1H3. The number of carbonyl (C=O) groups excluding carboxylic acids is 1. The van der Waals surface area contributed by atoms with Crippen LogP contribution in [0.2, 0.25) is 0 Å². The molecule has 0 aliphatic carbocycles. The van der Waals surface area contributed by atoms with Gasteiger partial charge in [-0.25, -0.2) is 0 Å². The molecule has 1 heterocycles. The van der Waals surface area contributed by atoms with E-state index in [0.717, 1.165) is 15.8 Å². The fraction of sp³-hybridized carbons (Fsp3) is 0.211. The lowest BCUT2D eigenvalue weighted by Gasteiger charge is -2.18. The molecule has 1 amide bonds. The van der Waals surface area contributed by atoms with Crippen LogP contribution in [0.1, 0.15) is 0 Å². The summed E-state index contributed by atoms with van der Waals surface area (Å²) < 4.78 is 17.3. The van der Waals surface area contributed by atoms with Gasteiger partial charge >= 0.3 is 0 Å². The summed E-state index contributed by atoms with van der Waals surface area (Å²) in [6.07, 6.45) is 1.27. The van der Waals surface area contributed by atoms with Gasteiger partial charge < -0.3 is 18.8 Å². The van der Waals surface area contributed by atoms with Crippen LogP contribution in [-0.4, -0.2) is 47.8 Å². The number of benzene rings is 2. The quantitative estimate of drug-likeness (QED) is 0.543. The van der Waals surface area contributed by atoms with E-state index in [-0.39, 0.29) is 12.5 Å². The van der Waals surface area contributed by atoms with Gasteiger partial charge in [0.15, 0.2) is 6.61 Å². The Morgan fingerprint density at radius 2 is 1.74 bits per heavy atom. The molecule has 0 bridgehead atoms. The number of ether oxygens (including phenoxy) is 2. The second kappa shape index (κ2) is 9.18. The molecule has 8 heteroatoms. The minimum Gasteiger partial charge on any atom is -0.492 e. The lowest BCUT2D eigenvalue weighted by molar-refractivity contribution is -0.132. The molecule has 3 rings (SSSR count). The van der Waals surface area contributed by atoms with E-state index in [1.807, 2.05) is 24.3 Å². The molecule has 0 atom stereocenters. The molecule has 0 saturated heterocycles. The van der Waals surface area contributed by atoms with Crippen molar-refractivity contribution in [3.8, 4) is 23.0 Å². The number of likely N-dealkylation sites (N-methyl/N-ethyl adjacent to an activating group) is 1. The largest absolute Gasteiger partial charge is 0.492 e. The topological polar surface area (TPSA) is 77.7 Å². The maximum atomic E-state index is 12.2. The third-order valence-electron chi connectivity index (χ3n) is 3.76. The third kappa shape index (κ3) is 5.55. The van der Waals surface area contributed by atoms with E-state index >= 15 is 0 Å². The molecule has 0 aliphatic rings. The molecular weight excluding hydrogens is 414 g/mol. The number of aromatic nitrogens is 2. The van der Waals surface area contributed by atoms with Gasteiger partial charge in [0.25, 0.3) is 5.91 Å². The molecule has 1 aromatic heterocycles. The number of hydrogen-bond donors (Lipinski definition) is 0. The van der Waals surface area contributed by atoms with Gasteiger partial charge in [0.05, 0.1) is 6.54 Å². The maximum absolute atomic E-state index is 12.2. The second-order valence-electron chi connectivity index (χ2n) is 5.67. The van der Waals surface area contributed by atoms with Crippen molar-refractivity contribution in [3.05, 3.63) is 59.4 Å². The average molecular weight is 432 g/mol. The summed E-state index contributed by atoms with van der Waals surface area (Å²) in [5, 5.41) is 7.47. The van der Waals surface area contributed by atoms with Gasteiger partial charge in [-0.15, -0.1) is 10.2 Å². The van der Waals surface area contributed by atoms with Crippen LogP contribution >= 0.6 is 15.9 Å². The molecule has 0 aliphatic heterocycles. The second-order valence-corrected chi connectivity index (χ2v) is 6.59. The van der Waals surface area contributed by atoms with Crippen molar-refractivity contribution < 1.29 is 18.7 Å². The first kappa shape index (κ1) is 18.9. The first-order valence-electron chi connectivity index (χ1n) is 8.23. The molecule has 0 saturated carbocycles. The highest BCUT2D eigenvalue weighted by Crippen LogP contribution is 2.20. The van der Waals surface area contributed by atoms with Gasteiger partial charge in [0.2, 0.25) is 12.3 Å². The SMILES string of the molecule is CN(CCOc1ccc(Br)cc1)C(=O)COc1ccc(-c2nnco2)cc1. The predicted octanol–water partition coefficient (Wildman–Crippen LogP) is 3.42. The Morgan fingerprint density at radius 1 is 1.07 bits per heavy atom. The molecular formula is C19H18BrN3O4. The molecule has 0 radical (unpaired) electrons. The van der Waals surface area contributed by atoms with Crippen molar-refractivity contribution in [2.45, 2.75) is 0 Å². The van der Waals surface area contributed by atoms with Crippen molar-refractivity contribution in [2.75, 3.05) is 26.8 Å². The van der Waals surface area contributed by atoms with Gasteiger partial charge in [0, 0.05) is 17.1 Å². The van der Waals surface area contributed by atoms with E-state index in [1.165, 1.54) is 6.39 Å². The van der Waals surface area contributed by atoms with E-state index in [0.29, 0.717) is 24.8 Å². The summed E-state index contributed by atoms with van der Waals surface area (Å²) in [7, 11) is 1.72. The van der Waals surface area contributed by atoms with Crippen molar-refractivity contribution >= 4 is 21.8 Å². The number of halogens is 1. The van der Waals surface area contributed by atoms with Gasteiger partial charge in [-0.2, -0.15) is 0 Å². The van der Waals surface area contributed by atoms with Crippen molar-refractivity contribution in [1.82, 2.24) is 15.1 Å². The molecule has 27 heavy (non-hydrogen) atoms. The van der Waals surface area contributed by atoms with E-state index in [4.69, 9.17) is 13.9 Å². The highest BCUT2D eigenvalue weighted by molar-refractivity contribution is 9.10. The van der Waals surface area contributed by atoms with E-state index in [1.54, 1.807) is 36.2 Å². The zero-order valence-corrected chi connectivity index (χ0v) is 16.3. The summed E-state index contributed by atoms with van der Waals surface area (Å²) in [4.78, 5) is 13.7. The summed E-state index contributed by atoms with van der Waals surface area (Å²) in [5.41, 5.74) is 0.786. The van der Waals surface area contributed by atoms with Crippen molar-refractivity contribution in [2.24, 2.45) is 0 Å². The summed E-state index contributed by atoms with van der Waals surface area (Å²) in [6.45, 7) is 0.825. The molecule has 140 valence electrons. The Labute approximate surface area is 165 Å². The van der Waals surface area contributed by atoms with Gasteiger partial charge in [-0.3, -0.25) is 4.79 Å². The Kier molecular flexibility index (Phi) is 6.43. The van der Waals surface area contributed by atoms with Gasteiger partial charge in [-0.05, 0) is 48.5 Å². The van der Waals surface area contributed by atoms with Crippen LogP contribution in [0, 0.1) is 0 Å². The Bertz CT molecular complexity index is 852. The summed E-state index contributed by atoms with van der Waals surface area (Å²) >= 11 is 3.37. The summed E-state index contributed by atoms with van der Waals surface area (Å²) in [6, 6.07) is 14.6. The van der Waals surface area contributed by atoms with Crippen LogP contribution < -0.4 is 9.47 Å². The number of nitrogens with zero attached hydrogens (tertiary/aromatic N) is 3. The van der Waals surface area contributed by atoms with Crippen LogP contribution in [0.4, 0.5) is 0 Å². The molecule has 0 fully saturated rings. The normalized spacial score (nSPS) is 10.4. The smallest absolute Gasteiger partial charge is 0.260 e. The molecule has 3 aromatic rings. The Morgan fingerprint density at radius 3 is 2.41 bits per heavy atom. The van der Waals surface area contributed by atoms with Crippen LogP contribution in [0.25, 0.3) is 11.5 Å². The van der Waals surface area contributed by atoms with Crippen LogP contribution in [0.3, 0.4) is 0 Å². The summed E-state index contributed by atoms with van der Waals surface area (Å²) in [5.74, 6) is 1.65. The third-order valence-corrected chi connectivity index (χ3v) is 4.29. The van der Waals surface area contributed by atoms with Crippen LogP contribution in [0.5, 0.6) is 11.5 Å². The highest BCUT2D eigenvalue weighted by Gasteiger charge is 2.10. The first-order valence-corrected chi connectivity index (χ1v) is 9.03. The minimum absolute atomic E-state index is 0.0469. The number of hydrogen-bond acceptors (Lipinski definition) is 6. The fourth-order valence-corrected chi connectivity index (χ4v) is 2.47. The number of amides is 1. The number of carbonyl (C=O) groups is 1. The molecule has 0 spiro atoms. The Balaban J connectivity index is 1.41. The zero-order valence-electron chi connectivity index (χ0n) is 14.7. The maximum Gasteiger partial charge on any atom is 0.260 e. The van der Waals surface area contributed by atoms with E-state index in [9.17, 15) is 4.79 Å². The zero-order chi connectivity index (χ0) is 19.1. The first-order chi connectivity index (χ1) is 13.1. The molecule has 0 N–H and O–H groups in total. The van der Waals surface area contributed by atoms with Crippen LogP contribution in [-0.2, 0) is 4.79 Å². The number of rotatable bonds is 8. The van der Waals surface area contributed by atoms with E-state index < -0.39 is 0 Å². The van der Waals surface area contributed by atoms with Crippen molar-refractivity contribution in [3.63, 3.8) is 0 Å². The van der Waals surface area contributed by atoms with Gasteiger partial charge in [-0.1, -0.05) is 15.9 Å². The predicted molar refractivity (Wildman–Crippen MR) is 103 cm³/mol. The van der Waals surface area contributed by atoms with E-state index in [2.05, 4.69) is 26.1 Å². The van der Waals surface area contributed by atoms with Gasteiger partial charge in [0.1, 0.15) is 18.1 Å². The average Bonchev–Trinajstić information content (AvgIpc) is 3.23. The lowest BCUT2D eigenvalue weighted by atomic mass is 10.2. The molecule has 2 aromatic carbocycles. The minimum atomic E-state index is -0.129. The molecule has 7 nitrogen and oxygen atoms in total.